The summed E-state index contributed by atoms with van der Waals surface area (Å²) in [5, 5.41) is 91.1. The average Bonchev–Trinajstić information content (AvgIpc) is 2.87. The molecular weight excluding hydrogens is 520 g/mol. The van der Waals surface area contributed by atoms with E-state index in [1.807, 2.05) is 0 Å². The first kappa shape index (κ1) is 28.4. The van der Waals surface area contributed by atoms with Crippen molar-refractivity contribution in [1.29, 1.82) is 0 Å². The number of aliphatic hydroxyl groups is 5. The van der Waals surface area contributed by atoms with E-state index in [1.54, 1.807) is 0 Å². The number of hydrogen-bond acceptors (Lipinski definition) is 13. The van der Waals surface area contributed by atoms with Gasteiger partial charge in [0.05, 0.1) is 12.2 Å². The normalized spacial score (nSPS) is 23.7. The van der Waals surface area contributed by atoms with E-state index in [0.29, 0.717) is 0 Å². The first-order chi connectivity index (χ1) is 18.2. The number of rotatable bonds is 7. The molecule has 2 aromatic carbocycles. The minimum absolute atomic E-state index is 0.0174. The molecule has 1 aliphatic rings. The molecule has 5 atom stereocenters. The Kier molecular flexibility index (Phi) is 7.67. The summed E-state index contributed by atoms with van der Waals surface area (Å²) in [5.74, 6) is -3.14. The van der Waals surface area contributed by atoms with Crippen LogP contribution < -0.4 is 10.2 Å². The van der Waals surface area contributed by atoms with Crippen molar-refractivity contribution in [2.75, 3.05) is 6.61 Å². The molecule has 9 N–H and O–H groups in total. The molecule has 1 aliphatic heterocycles. The van der Waals surface area contributed by atoms with Gasteiger partial charge in [-0.3, -0.25) is 4.79 Å². The maximum atomic E-state index is 13.1. The highest BCUT2D eigenvalue weighted by Gasteiger charge is 2.45. The van der Waals surface area contributed by atoms with Crippen LogP contribution in [0.3, 0.4) is 0 Å². The topological polar surface area (TPSA) is 231 Å². The largest absolute Gasteiger partial charge is 0.507 e. The van der Waals surface area contributed by atoms with Crippen LogP contribution in [0.5, 0.6) is 28.7 Å². The van der Waals surface area contributed by atoms with Gasteiger partial charge >= 0.3 is 0 Å². The van der Waals surface area contributed by atoms with E-state index >= 15 is 0 Å². The average molecular weight is 551 g/mol. The van der Waals surface area contributed by atoms with E-state index in [2.05, 4.69) is 0 Å². The molecule has 0 aliphatic carbocycles. The van der Waals surface area contributed by atoms with Crippen LogP contribution in [0.15, 0.2) is 33.5 Å². The second kappa shape index (κ2) is 10.5. The highest BCUT2D eigenvalue weighted by molar-refractivity contribution is 5.90. The summed E-state index contributed by atoms with van der Waals surface area (Å²) in [6, 6.07) is 4.59. The molecule has 1 fully saturated rings. The van der Waals surface area contributed by atoms with Crippen molar-refractivity contribution >= 4 is 11.0 Å². The molecule has 212 valence electrons. The highest BCUT2D eigenvalue weighted by Crippen LogP contribution is 2.42. The minimum Gasteiger partial charge on any atom is -0.507 e. The maximum Gasteiger partial charge on any atom is 0.238 e. The van der Waals surface area contributed by atoms with E-state index < -0.39 is 82.5 Å². The van der Waals surface area contributed by atoms with Crippen LogP contribution in [-0.4, -0.2) is 88.9 Å². The lowest BCUT2D eigenvalue weighted by atomic mass is 9.96. The predicted octanol–water partition coefficient (Wildman–Crippen LogP) is 0.165. The molecule has 0 bridgehead atoms. The third-order valence-corrected chi connectivity index (χ3v) is 6.51. The maximum absolute atomic E-state index is 13.1. The Bertz CT molecular complexity index is 1420. The van der Waals surface area contributed by atoms with Gasteiger partial charge in [0, 0.05) is 17.2 Å². The van der Waals surface area contributed by atoms with Gasteiger partial charge in [0.1, 0.15) is 46.9 Å². The Morgan fingerprint density at radius 1 is 0.949 bits per heavy atom. The van der Waals surface area contributed by atoms with Gasteiger partial charge in [-0.2, -0.15) is 0 Å². The minimum atomic E-state index is -1.79. The van der Waals surface area contributed by atoms with Crippen LogP contribution in [0.2, 0.25) is 0 Å². The Hall–Kier alpha value is -3.59. The van der Waals surface area contributed by atoms with Crippen molar-refractivity contribution in [1.82, 2.24) is 0 Å². The SMILES string of the molecule is CC(C)(O)CCc1c(O[C@@H]2O[C@H](CO)[C@@H](O)[C@H](O)[C@H]2O)cc2oc(-c3ccc(O)c(O)c3)c(O)c(=O)c2c1O. The van der Waals surface area contributed by atoms with Gasteiger partial charge in [0.2, 0.25) is 17.5 Å². The molecular formula is C26H30O13. The van der Waals surface area contributed by atoms with Crippen LogP contribution in [-0.2, 0) is 11.2 Å². The van der Waals surface area contributed by atoms with Crippen molar-refractivity contribution in [3.63, 3.8) is 0 Å². The Balaban J connectivity index is 1.88. The third-order valence-electron chi connectivity index (χ3n) is 6.51. The van der Waals surface area contributed by atoms with Crippen LogP contribution in [0.1, 0.15) is 25.8 Å². The lowest BCUT2D eigenvalue weighted by Gasteiger charge is -2.39. The summed E-state index contributed by atoms with van der Waals surface area (Å²) in [4.78, 5) is 13.1. The van der Waals surface area contributed by atoms with Crippen molar-refractivity contribution in [2.24, 2.45) is 0 Å². The number of ether oxygens (including phenoxy) is 2. The second-order valence-electron chi connectivity index (χ2n) is 10.0. The zero-order valence-corrected chi connectivity index (χ0v) is 21.0. The van der Waals surface area contributed by atoms with Gasteiger partial charge in [-0.05, 0) is 44.9 Å². The summed E-state index contributed by atoms with van der Waals surface area (Å²) in [6.45, 7) is 2.32. The molecule has 1 saturated heterocycles. The molecule has 0 radical (unpaired) electrons. The molecule has 0 saturated carbocycles. The van der Waals surface area contributed by atoms with E-state index in [0.717, 1.165) is 12.1 Å². The summed E-state index contributed by atoms with van der Waals surface area (Å²) in [6.07, 6.45) is -8.11. The number of phenols is 3. The first-order valence-corrected chi connectivity index (χ1v) is 12.0. The van der Waals surface area contributed by atoms with Crippen LogP contribution in [0.25, 0.3) is 22.3 Å². The molecule has 39 heavy (non-hydrogen) atoms. The smallest absolute Gasteiger partial charge is 0.238 e. The second-order valence-corrected chi connectivity index (χ2v) is 10.0. The lowest BCUT2D eigenvalue weighted by molar-refractivity contribution is -0.277. The summed E-state index contributed by atoms with van der Waals surface area (Å²) < 4.78 is 16.9. The first-order valence-electron chi connectivity index (χ1n) is 12.0. The van der Waals surface area contributed by atoms with Gasteiger partial charge in [-0.25, -0.2) is 0 Å². The highest BCUT2D eigenvalue weighted by atomic mass is 16.7. The van der Waals surface area contributed by atoms with Gasteiger partial charge in [0.25, 0.3) is 0 Å². The Morgan fingerprint density at radius 2 is 1.64 bits per heavy atom. The molecule has 0 spiro atoms. The third kappa shape index (κ3) is 5.45. The molecule has 13 heteroatoms. The van der Waals surface area contributed by atoms with Crippen molar-refractivity contribution in [3.05, 3.63) is 40.1 Å². The van der Waals surface area contributed by atoms with Crippen LogP contribution in [0, 0.1) is 0 Å². The summed E-state index contributed by atoms with van der Waals surface area (Å²) >= 11 is 0. The standard InChI is InChI=1S/C26H30O13/c1-26(2,36)6-5-11-14(38-25-23(35)21(33)19(31)16(9-27)39-25)8-15-17(18(11)30)20(32)22(34)24(37-15)10-3-4-12(28)13(29)7-10/h3-4,7-8,16,19,21,23,25,27-31,33-36H,5-6,9H2,1-2H3/t16-,19-,21+,23-,25-/m1/s1. The summed E-state index contributed by atoms with van der Waals surface area (Å²) in [7, 11) is 0. The van der Waals surface area contributed by atoms with E-state index in [9.17, 15) is 50.8 Å². The van der Waals surface area contributed by atoms with Gasteiger partial charge in [0.15, 0.2) is 17.3 Å². The number of benzene rings is 2. The van der Waals surface area contributed by atoms with Gasteiger partial charge in [-0.15, -0.1) is 0 Å². The molecule has 4 rings (SSSR count). The summed E-state index contributed by atoms with van der Waals surface area (Å²) in [5.41, 5.74) is -2.53. The number of hydrogen-bond donors (Lipinski definition) is 9. The number of fused-ring (bicyclic) bond motifs is 1. The molecule has 1 aromatic heterocycles. The molecule has 0 unspecified atom stereocenters. The number of aromatic hydroxyl groups is 4. The quantitative estimate of drug-likeness (QED) is 0.179. The molecule has 13 nitrogen and oxygen atoms in total. The van der Waals surface area contributed by atoms with E-state index in [4.69, 9.17) is 13.9 Å². The van der Waals surface area contributed by atoms with Crippen molar-refractivity contribution < 1.29 is 59.8 Å². The monoisotopic (exact) mass is 550 g/mol. The lowest BCUT2D eigenvalue weighted by Crippen LogP contribution is -2.60. The molecule has 0 amide bonds. The fraction of sp³-hybridized carbons (Fsp3) is 0.423. The van der Waals surface area contributed by atoms with E-state index in [-0.39, 0.29) is 35.3 Å². The van der Waals surface area contributed by atoms with Crippen LogP contribution in [0.4, 0.5) is 0 Å². The number of phenolic OH excluding ortho intramolecular Hbond substituents is 3. The Morgan fingerprint density at radius 3 is 2.26 bits per heavy atom. The van der Waals surface area contributed by atoms with Crippen LogP contribution >= 0.6 is 0 Å². The van der Waals surface area contributed by atoms with E-state index in [1.165, 1.54) is 26.0 Å². The molecule has 3 aromatic rings. The zero-order chi connectivity index (χ0) is 28.8. The predicted molar refractivity (Wildman–Crippen MR) is 134 cm³/mol. The van der Waals surface area contributed by atoms with Gasteiger partial charge < -0.3 is 59.8 Å². The fourth-order valence-corrected chi connectivity index (χ4v) is 4.27. The zero-order valence-electron chi connectivity index (χ0n) is 21.0. The van der Waals surface area contributed by atoms with Gasteiger partial charge in [-0.1, -0.05) is 0 Å². The van der Waals surface area contributed by atoms with Crippen molar-refractivity contribution in [2.45, 2.75) is 63.0 Å². The number of aliphatic hydroxyl groups excluding tert-OH is 4. The fourth-order valence-electron chi connectivity index (χ4n) is 4.27. The Labute approximate surface area is 221 Å². The molecule has 2 heterocycles. The van der Waals surface area contributed by atoms with Crippen molar-refractivity contribution in [3.8, 4) is 40.1 Å².